The Bertz CT molecular complexity index is 585. The lowest BCUT2D eigenvalue weighted by Gasteiger charge is -2.24. The Labute approximate surface area is 105 Å². The van der Waals surface area contributed by atoms with E-state index in [0.29, 0.717) is 22.7 Å². The molecule has 0 atom stereocenters. The zero-order valence-electron chi connectivity index (χ0n) is 10.1. The monoisotopic (exact) mass is 245 g/mol. The molecule has 1 fully saturated rings. The number of hydrogen-bond acceptors (Lipinski definition) is 4. The van der Waals surface area contributed by atoms with E-state index >= 15 is 0 Å². The largest absolute Gasteiger partial charge is 0.423 e. The van der Waals surface area contributed by atoms with E-state index in [1.165, 1.54) is 19.3 Å². The number of carbonyl (C=O) groups excluding carboxylic acids is 1. The summed E-state index contributed by atoms with van der Waals surface area (Å²) in [5.41, 5.74) is 7.09. The highest BCUT2D eigenvalue weighted by atomic mass is 16.4. The van der Waals surface area contributed by atoms with Gasteiger partial charge in [0.1, 0.15) is 5.52 Å². The fraction of sp³-hybridized carbons (Fsp3) is 0.385. The van der Waals surface area contributed by atoms with Gasteiger partial charge in [-0.2, -0.15) is 4.98 Å². The second-order valence-corrected chi connectivity index (χ2v) is 4.59. The summed E-state index contributed by atoms with van der Waals surface area (Å²) in [5, 5.41) is 0. The first-order valence-electron chi connectivity index (χ1n) is 6.19. The van der Waals surface area contributed by atoms with Crippen molar-refractivity contribution in [3.63, 3.8) is 0 Å². The minimum atomic E-state index is -0.445. The number of amides is 1. The van der Waals surface area contributed by atoms with Gasteiger partial charge in [0.15, 0.2) is 5.58 Å². The molecule has 5 heteroatoms. The van der Waals surface area contributed by atoms with Crippen molar-refractivity contribution in [2.45, 2.75) is 19.3 Å². The number of anilines is 1. The Kier molecular flexibility index (Phi) is 2.66. The number of oxazole rings is 1. The number of nitrogens with zero attached hydrogens (tertiary/aromatic N) is 2. The summed E-state index contributed by atoms with van der Waals surface area (Å²) in [5.74, 6) is -0.445. The van der Waals surface area contributed by atoms with E-state index in [1.807, 2.05) is 0 Å². The van der Waals surface area contributed by atoms with Crippen LogP contribution in [0, 0.1) is 0 Å². The number of aromatic nitrogens is 1. The fourth-order valence-electron chi connectivity index (χ4n) is 2.29. The molecule has 18 heavy (non-hydrogen) atoms. The minimum Gasteiger partial charge on any atom is -0.423 e. The SMILES string of the molecule is NC(=O)c1ccc2oc(N3CCCCC3)nc2c1. The Morgan fingerprint density at radius 3 is 2.78 bits per heavy atom. The molecule has 3 rings (SSSR count). The van der Waals surface area contributed by atoms with Crippen LogP contribution >= 0.6 is 0 Å². The first-order valence-corrected chi connectivity index (χ1v) is 6.19. The molecule has 1 aliphatic heterocycles. The lowest BCUT2D eigenvalue weighted by atomic mass is 10.1. The first kappa shape index (κ1) is 11.1. The molecule has 2 N–H and O–H groups in total. The van der Waals surface area contributed by atoms with Gasteiger partial charge in [0, 0.05) is 18.7 Å². The fourth-order valence-corrected chi connectivity index (χ4v) is 2.29. The van der Waals surface area contributed by atoms with Crippen LogP contribution in [0.15, 0.2) is 22.6 Å². The van der Waals surface area contributed by atoms with Crippen LogP contribution < -0.4 is 10.6 Å². The molecule has 0 aliphatic carbocycles. The highest BCUT2D eigenvalue weighted by Crippen LogP contribution is 2.25. The minimum absolute atomic E-state index is 0.445. The molecule has 0 bridgehead atoms. The summed E-state index contributed by atoms with van der Waals surface area (Å²) in [6.45, 7) is 1.96. The van der Waals surface area contributed by atoms with Gasteiger partial charge in [0.05, 0.1) is 0 Å². The summed E-state index contributed by atoms with van der Waals surface area (Å²) in [7, 11) is 0. The molecule has 2 aromatic rings. The smallest absolute Gasteiger partial charge is 0.298 e. The van der Waals surface area contributed by atoms with Gasteiger partial charge in [-0.15, -0.1) is 0 Å². The average molecular weight is 245 g/mol. The van der Waals surface area contributed by atoms with Crippen molar-refractivity contribution in [1.29, 1.82) is 0 Å². The third kappa shape index (κ3) is 1.92. The van der Waals surface area contributed by atoms with E-state index in [0.717, 1.165) is 13.1 Å². The summed E-state index contributed by atoms with van der Waals surface area (Å²) < 4.78 is 5.70. The van der Waals surface area contributed by atoms with Crippen LogP contribution in [0.4, 0.5) is 6.01 Å². The molecule has 5 nitrogen and oxygen atoms in total. The van der Waals surface area contributed by atoms with Gasteiger partial charge in [-0.05, 0) is 37.5 Å². The van der Waals surface area contributed by atoms with Gasteiger partial charge < -0.3 is 15.1 Å². The number of carbonyl (C=O) groups is 1. The molecule has 1 aromatic heterocycles. The van der Waals surface area contributed by atoms with Gasteiger partial charge in [0.25, 0.3) is 6.01 Å². The van der Waals surface area contributed by atoms with Crippen LogP contribution in [0.5, 0.6) is 0 Å². The van der Waals surface area contributed by atoms with Crippen LogP contribution in [0.25, 0.3) is 11.1 Å². The molecular formula is C13H15N3O2. The van der Waals surface area contributed by atoms with Crippen molar-refractivity contribution in [3.8, 4) is 0 Å². The van der Waals surface area contributed by atoms with Gasteiger partial charge >= 0.3 is 0 Å². The number of primary amides is 1. The predicted molar refractivity (Wildman–Crippen MR) is 68.6 cm³/mol. The van der Waals surface area contributed by atoms with Gasteiger partial charge in [-0.25, -0.2) is 0 Å². The molecule has 1 amide bonds. The van der Waals surface area contributed by atoms with E-state index in [1.54, 1.807) is 18.2 Å². The van der Waals surface area contributed by atoms with E-state index in [-0.39, 0.29) is 0 Å². The summed E-state index contributed by atoms with van der Waals surface area (Å²) >= 11 is 0. The number of piperidine rings is 1. The van der Waals surface area contributed by atoms with Gasteiger partial charge in [0.2, 0.25) is 5.91 Å². The lowest BCUT2D eigenvalue weighted by molar-refractivity contribution is 0.100. The van der Waals surface area contributed by atoms with Crippen molar-refractivity contribution in [1.82, 2.24) is 4.98 Å². The number of benzene rings is 1. The molecule has 1 aliphatic rings. The maximum Gasteiger partial charge on any atom is 0.298 e. The highest BCUT2D eigenvalue weighted by molar-refractivity contribution is 5.96. The number of nitrogens with two attached hydrogens (primary N) is 1. The van der Waals surface area contributed by atoms with Crippen molar-refractivity contribution in [2.24, 2.45) is 5.73 Å². The maximum absolute atomic E-state index is 11.1. The summed E-state index contributed by atoms with van der Waals surface area (Å²) in [6.07, 6.45) is 3.61. The van der Waals surface area contributed by atoms with Crippen molar-refractivity contribution < 1.29 is 9.21 Å². The molecular weight excluding hydrogens is 230 g/mol. The quantitative estimate of drug-likeness (QED) is 0.877. The molecule has 1 aromatic carbocycles. The number of fused-ring (bicyclic) bond motifs is 1. The summed E-state index contributed by atoms with van der Waals surface area (Å²) in [6, 6.07) is 5.73. The van der Waals surface area contributed by atoms with Crippen molar-refractivity contribution in [2.75, 3.05) is 18.0 Å². The Hall–Kier alpha value is -2.04. The van der Waals surface area contributed by atoms with Crippen molar-refractivity contribution in [3.05, 3.63) is 23.8 Å². The topological polar surface area (TPSA) is 72.4 Å². The Morgan fingerprint density at radius 1 is 1.28 bits per heavy atom. The van der Waals surface area contributed by atoms with Crippen LogP contribution in [0.3, 0.4) is 0 Å². The molecule has 0 saturated carbocycles. The normalized spacial score (nSPS) is 16.1. The molecule has 94 valence electrons. The highest BCUT2D eigenvalue weighted by Gasteiger charge is 2.17. The molecule has 2 heterocycles. The average Bonchev–Trinajstić information content (AvgIpc) is 2.82. The number of hydrogen-bond donors (Lipinski definition) is 1. The standard InChI is InChI=1S/C13H15N3O2/c14-12(17)9-4-5-11-10(8-9)15-13(18-11)16-6-2-1-3-7-16/h4-5,8H,1-3,6-7H2,(H2,14,17). The zero-order valence-corrected chi connectivity index (χ0v) is 10.1. The molecule has 0 radical (unpaired) electrons. The second kappa shape index (κ2) is 4.33. The van der Waals surface area contributed by atoms with E-state index < -0.39 is 5.91 Å². The predicted octanol–water partition coefficient (Wildman–Crippen LogP) is 1.92. The zero-order chi connectivity index (χ0) is 12.5. The third-order valence-corrected chi connectivity index (χ3v) is 3.29. The van der Waals surface area contributed by atoms with Crippen LogP contribution in [0.1, 0.15) is 29.6 Å². The summed E-state index contributed by atoms with van der Waals surface area (Å²) in [4.78, 5) is 17.7. The lowest BCUT2D eigenvalue weighted by Crippen LogP contribution is -2.29. The van der Waals surface area contributed by atoms with Crippen LogP contribution in [0.2, 0.25) is 0 Å². The number of rotatable bonds is 2. The Balaban J connectivity index is 1.97. The maximum atomic E-state index is 11.1. The van der Waals surface area contributed by atoms with E-state index in [2.05, 4.69) is 9.88 Å². The van der Waals surface area contributed by atoms with Gasteiger partial charge in [-0.1, -0.05) is 0 Å². The van der Waals surface area contributed by atoms with Crippen LogP contribution in [-0.4, -0.2) is 24.0 Å². The third-order valence-electron chi connectivity index (χ3n) is 3.29. The molecule has 1 saturated heterocycles. The van der Waals surface area contributed by atoms with E-state index in [4.69, 9.17) is 10.2 Å². The van der Waals surface area contributed by atoms with Crippen molar-refractivity contribution >= 4 is 23.0 Å². The van der Waals surface area contributed by atoms with Gasteiger partial charge in [-0.3, -0.25) is 4.79 Å². The second-order valence-electron chi connectivity index (χ2n) is 4.59. The van der Waals surface area contributed by atoms with Crippen LogP contribution in [-0.2, 0) is 0 Å². The Morgan fingerprint density at radius 2 is 2.06 bits per heavy atom. The first-order chi connectivity index (χ1) is 8.74. The molecule has 0 spiro atoms. The molecule has 0 unspecified atom stereocenters. The van der Waals surface area contributed by atoms with E-state index in [9.17, 15) is 4.79 Å².